The van der Waals surface area contributed by atoms with Crippen molar-refractivity contribution in [3.05, 3.63) is 29.0 Å². The maximum Gasteiger partial charge on any atom is 0.255 e. The number of hydrogen-bond donors (Lipinski definition) is 0. The van der Waals surface area contributed by atoms with E-state index in [-0.39, 0.29) is 11.9 Å². The van der Waals surface area contributed by atoms with Crippen LogP contribution < -0.4 is 0 Å². The zero-order chi connectivity index (χ0) is 15.6. The molecule has 0 bridgehead atoms. The molecule has 0 aromatic carbocycles. The van der Waals surface area contributed by atoms with Gasteiger partial charge in [-0.05, 0) is 25.0 Å². The molecule has 116 valence electrons. The van der Waals surface area contributed by atoms with E-state index < -0.39 is 15.1 Å². The van der Waals surface area contributed by atoms with Crippen molar-refractivity contribution in [3.8, 4) is 0 Å². The molecule has 1 aromatic rings. The molecule has 1 fully saturated rings. The number of rotatable bonds is 3. The first-order valence-corrected chi connectivity index (χ1v) is 9.21. The van der Waals surface area contributed by atoms with Crippen LogP contribution in [-0.4, -0.2) is 48.8 Å². The third-order valence-corrected chi connectivity index (χ3v) is 5.88. The first-order chi connectivity index (χ1) is 9.80. The highest BCUT2D eigenvalue weighted by molar-refractivity contribution is 7.91. The van der Waals surface area contributed by atoms with Gasteiger partial charge >= 0.3 is 0 Å². The topological polar surface area (TPSA) is 67.3 Å². The normalized spacial score (nSPS) is 22.8. The van der Waals surface area contributed by atoms with E-state index in [4.69, 9.17) is 11.6 Å². The molecule has 2 rings (SSSR count). The molecule has 1 heterocycles. The molecule has 0 N–H and O–H groups in total. The van der Waals surface area contributed by atoms with Crippen LogP contribution in [0.2, 0.25) is 5.15 Å². The number of amides is 1. The van der Waals surface area contributed by atoms with E-state index >= 15 is 0 Å². The standard InChI is InChI=1S/C14H19ClN2O3S/c1-17(14(18)10-7-8-13(15)16-9-10)11-5-3-4-6-12(11)21(2,19)20/h7-9,11-12H,3-6H2,1-2H3/t11-,12+/m0/s1. The molecule has 1 amide bonds. The van der Waals surface area contributed by atoms with E-state index in [0.29, 0.717) is 23.6 Å². The Morgan fingerprint density at radius 1 is 1.33 bits per heavy atom. The molecule has 2 atom stereocenters. The minimum atomic E-state index is -3.17. The summed E-state index contributed by atoms with van der Waals surface area (Å²) in [6, 6.07) is 2.88. The Labute approximate surface area is 130 Å². The fourth-order valence-corrected chi connectivity index (χ4v) is 4.47. The quantitative estimate of drug-likeness (QED) is 0.796. The van der Waals surface area contributed by atoms with E-state index in [1.807, 2.05) is 0 Å². The summed E-state index contributed by atoms with van der Waals surface area (Å²) in [7, 11) is -1.52. The van der Waals surface area contributed by atoms with Gasteiger partial charge in [-0.15, -0.1) is 0 Å². The lowest BCUT2D eigenvalue weighted by molar-refractivity contribution is 0.0700. The average Bonchev–Trinajstić information content (AvgIpc) is 2.45. The third-order valence-electron chi connectivity index (χ3n) is 4.01. The summed E-state index contributed by atoms with van der Waals surface area (Å²) in [5, 5.41) is -0.165. The molecule has 5 nitrogen and oxygen atoms in total. The fraction of sp³-hybridized carbons (Fsp3) is 0.571. The Morgan fingerprint density at radius 2 is 2.00 bits per heavy atom. The predicted molar refractivity (Wildman–Crippen MR) is 82.2 cm³/mol. The summed E-state index contributed by atoms with van der Waals surface area (Å²) in [6.07, 6.45) is 5.81. The number of nitrogens with zero attached hydrogens (tertiary/aromatic N) is 2. The Kier molecular flexibility index (Phi) is 4.88. The van der Waals surface area contributed by atoms with Gasteiger partial charge in [0.2, 0.25) is 0 Å². The molecule has 0 aliphatic heterocycles. The molecule has 0 radical (unpaired) electrons. The molecule has 1 saturated carbocycles. The summed E-state index contributed by atoms with van der Waals surface area (Å²) in [4.78, 5) is 17.9. The van der Waals surface area contributed by atoms with Gasteiger partial charge < -0.3 is 4.90 Å². The van der Waals surface area contributed by atoms with E-state index in [1.54, 1.807) is 19.2 Å². The van der Waals surface area contributed by atoms with Crippen LogP contribution in [0.15, 0.2) is 18.3 Å². The van der Waals surface area contributed by atoms with Crippen LogP contribution in [0, 0.1) is 0 Å². The van der Waals surface area contributed by atoms with Gasteiger partial charge in [-0.2, -0.15) is 0 Å². The summed E-state index contributed by atoms with van der Waals surface area (Å²) in [6.45, 7) is 0. The Morgan fingerprint density at radius 3 is 2.57 bits per heavy atom. The molecule has 0 saturated heterocycles. The lowest BCUT2D eigenvalue weighted by Crippen LogP contribution is -2.49. The molecule has 1 aromatic heterocycles. The summed E-state index contributed by atoms with van der Waals surface area (Å²) in [5.74, 6) is -0.222. The van der Waals surface area contributed by atoms with Gasteiger partial charge in [0.05, 0.1) is 10.8 Å². The zero-order valence-electron chi connectivity index (χ0n) is 12.1. The number of aromatic nitrogens is 1. The molecular weight excluding hydrogens is 312 g/mol. The summed E-state index contributed by atoms with van der Waals surface area (Å²) < 4.78 is 23.9. The van der Waals surface area contributed by atoms with Gasteiger partial charge in [-0.1, -0.05) is 24.4 Å². The smallest absolute Gasteiger partial charge is 0.255 e. The van der Waals surface area contributed by atoms with Crippen LogP contribution in [-0.2, 0) is 9.84 Å². The van der Waals surface area contributed by atoms with Gasteiger partial charge in [0.1, 0.15) is 5.15 Å². The maximum absolute atomic E-state index is 12.5. The van der Waals surface area contributed by atoms with Crippen LogP contribution >= 0.6 is 11.6 Å². The SMILES string of the molecule is CN(C(=O)c1ccc(Cl)nc1)[C@H]1CCCC[C@H]1S(C)(=O)=O. The van der Waals surface area contributed by atoms with Crippen molar-refractivity contribution in [2.75, 3.05) is 13.3 Å². The number of carbonyl (C=O) groups excluding carboxylic acids is 1. The van der Waals surface area contributed by atoms with Crippen LogP contribution in [0.5, 0.6) is 0 Å². The minimum absolute atomic E-state index is 0.222. The van der Waals surface area contributed by atoms with Crippen molar-refractivity contribution in [2.24, 2.45) is 0 Å². The minimum Gasteiger partial charge on any atom is -0.337 e. The predicted octanol–water partition coefficient (Wildman–Crippen LogP) is 2.16. The zero-order valence-corrected chi connectivity index (χ0v) is 13.7. The highest BCUT2D eigenvalue weighted by Gasteiger charge is 2.37. The van der Waals surface area contributed by atoms with E-state index in [2.05, 4.69) is 4.98 Å². The molecule has 0 spiro atoms. The summed E-state index contributed by atoms with van der Waals surface area (Å²) in [5.41, 5.74) is 0.416. The van der Waals surface area contributed by atoms with Crippen LogP contribution in [0.3, 0.4) is 0 Å². The Balaban J connectivity index is 2.22. The van der Waals surface area contributed by atoms with Crippen molar-refractivity contribution >= 4 is 27.3 Å². The number of halogens is 1. The lowest BCUT2D eigenvalue weighted by atomic mass is 9.93. The van der Waals surface area contributed by atoms with E-state index in [9.17, 15) is 13.2 Å². The molecule has 21 heavy (non-hydrogen) atoms. The van der Waals surface area contributed by atoms with Gasteiger partial charge in [-0.25, -0.2) is 13.4 Å². The first-order valence-electron chi connectivity index (χ1n) is 6.88. The average molecular weight is 331 g/mol. The van der Waals surface area contributed by atoms with Crippen molar-refractivity contribution < 1.29 is 13.2 Å². The van der Waals surface area contributed by atoms with Gasteiger partial charge in [0, 0.05) is 25.5 Å². The monoisotopic (exact) mass is 330 g/mol. The second kappa shape index (κ2) is 6.32. The Bertz CT molecular complexity index is 616. The van der Waals surface area contributed by atoms with Gasteiger partial charge in [-0.3, -0.25) is 4.79 Å². The first kappa shape index (κ1) is 16.2. The third kappa shape index (κ3) is 3.74. The van der Waals surface area contributed by atoms with Gasteiger partial charge in [0.25, 0.3) is 5.91 Å². The second-order valence-electron chi connectivity index (χ2n) is 5.51. The van der Waals surface area contributed by atoms with Crippen LogP contribution in [0.1, 0.15) is 36.0 Å². The van der Waals surface area contributed by atoms with Crippen LogP contribution in [0.4, 0.5) is 0 Å². The highest BCUT2D eigenvalue weighted by Crippen LogP contribution is 2.28. The van der Waals surface area contributed by atoms with Crippen LogP contribution in [0.25, 0.3) is 0 Å². The fourth-order valence-electron chi connectivity index (χ4n) is 2.88. The molecule has 7 heteroatoms. The van der Waals surface area contributed by atoms with Gasteiger partial charge in [0.15, 0.2) is 9.84 Å². The molecular formula is C14H19ClN2O3S. The Hall–Kier alpha value is -1.14. The summed E-state index contributed by atoms with van der Waals surface area (Å²) >= 11 is 5.71. The van der Waals surface area contributed by atoms with Crippen molar-refractivity contribution in [1.82, 2.24) is 9.88 Å². The molecule has 0 unspecified atom stereocenters. The molecule has 1 aliphatic rings. The number of pyridine rings is 1. The maximum atomic E-state index is 12.5. The number of sulfone groups is 1. The van der Waals surface area contributed by atoms with E-state index in [0.717, 1.165) is 12.8 Å². The van der Waals surface area contributed by atoms with Crippen molar-refractivity contribution in [1.29, 1.82) is 0 Å². The van der Waals surface area contributed by atoms with Crippen molar-refractivity contribution in [3.63, 3.8) is 0 Å². The second-order valence-corrected chi connectivity index (χ2v) is 8.16. The number of carbonyl (C=O) groups is 1. The number of hydrogen-bond acceptors (Lipinski definition) is 4. The van der Waals surface area contributed by atoms with E-state index in [1.165, 1.54) is 17.4 Å². The highest BCUT2D eigenvalue weighted by atomic mass is 35.5. The largest absolute Gasteiger partial charge is 0.337 e. The van der Waals surface area contributed by atoms with Crippen molar-refractivity contribution in [2.45, 2.75) is 37.0 Å². The molecule has 1 aliphatic carbocycles. The lowest BCUT2D eigenvalue weighted by Gasteiger charge is -2.36.